The molecule has 2 aromatic heterocycles. The maximum atomic E-state index is 12.9. The molecule has 3 heterocycles. The molecule has 2 unspecified atom stereocenters. The second kappa shape index (κ2) is 10.7. The van der Waals surface area contributed by atoms with E-state index in [1.54, 1.807) is 12.3 Å². The van der Waals surface area contributed by atoms with Gasteiger partial charge in [-0.15, -0.1) is 0 Å². The summed E-state index contributed by atoms with van der Waals surface area (Å²) in [6, 6.07) is 22.7. The molecule has 1 fully saturated rings. The van der Waals surface area contributed by atoms with Crippen molar-refractivity contribution in [1.82, 2.24) is 19.8 Å². The molecule has 8 heteroatoms. The van der Waals surface area contributed by atoms with Crippen LogP contribution in [0.5, 0.6) is 5.75 Å². The number of aryl methyl sites for hydroxylation is 2. The van der Waals surface area contributed by atoms with E-state index in [-0.39, 0.29) is 30.2 Å². The molecule has 2 aromatic carbocycles. The van der Waals surface area contributed by atoms with Gasteiger partial charge in [0, 0.05) is 36.2 Å². The first-order chi connectivity index (χ1) is 18.3. The number of carbonyl (C=O) groups is 1. The van der Waals surface area contributed by atoms with Crippen LogP contribution in [0, 0.1) is 20.8 Å². The Bertz CT molecular complexity index is 1480. The number of amides is 1. The van der Waals surface area contributed by atoms with Crippen molar-refractivity contribution in [3.63, 3.8) is 0 Å². The largest absolute Gasteiger partial charge is 0.506 e. The number of nitrogens with zero attached hydrogens (tertiary/aromatic N) is 3. The predicted molar refractivity (Wildman–Crippen MR) is 153 cm³/mol. The number of thiocarbonyl (C=S) groups is 1. The second-order valence-corrected chi connectivity index (χ2v) is 10.0. The number of aromatic nitrogens is 2. The molecular weight excluding hydrogens is 494 g/mol. The Morgan fingerprint density at radius 2 is 1.84 bits per heavy atom. The van der Waals surface area contributed by atoms with E-state index >= 15 is 0 Å². The zero-order chi connectivity index (χ0) is 26.8. The number of para-hydroxylation sites is 2. The van der Waals surface area contributed by atoms with E-state index in [1.165, 1.54) is 0 Å². The van der Waals surface area contributed by atoms with Crippen molar-refractivity contribution in [2.45, 2.75) is 39.3 Å². The number of aromatic hydroxyl groups is 1. The summed E-state index contributed by atoms with van der Waals surface area (Å²) in [6.07, 6.45) is 2.06. The van der Waals surface area contributed by atoms with Crippen molar-refractivity contribution in [3.8, 4) is 11.4 Å². The van der Waals surface area contributed by atoms with E-state index in [0.29, 0.717) is 11.7 Å². The summed E-state index contributed by atoms with van der Waals surface area (Å²) < 4.78 is 2.06. The normalized spacial score (nSPS) is 16.9. The third-order valence-corrected chi connectivity index (χ3v) is 7.34. The van der Waals surface area contributed by atoms with Gasteiger partial charge in [-0.2, -0.15) is 0 Å². The third-order valence-electron chi connectivity index (χ3n) is 6.99. The monoisotopic (exact) mass is 525 g/mol. The van der Waals surface area contributed by atoms with Crippen LogP contribution < -0.4 is 10.6 Å². The van der Waals surface area contributed by atoms with E-state index in [9.17, 15) is 9.90 Å². The van der Waals surface area contributed by atoms with Gasteiger partial charge < -0.3 is 25.2 Å². The van der Waals surface area contributed by atoms with E-state index in [4.69, 9.17) is 12.2 Å². The zero-order valence-electron chi connectivity index (χ0n) is 21.7. The van der Waals surface area contributed by atoms with Crippen molar-refractivity contribution >= 4 is 28.9 Å². The van der Waals surface area contributed by atoms with Crippen LogP contribution >= 0.6 is 12.2 Å². The van der Waals surface area contributed by atoms with Crippen LogP contribution in [-0.2, 0) is 4.79 Å². The van der Waals surface area contributed by atoms with Crippen molar-refractivity contribution < 1.29 is 9.90 Å². The quantitative estimate of drug-likeness (QED) is 0.276. The van der Waals surface area contributed by atoms with Crippen LogP contribution in [-0.4, -0.2) is 37.1 Å². The first kappa shape index (κ1) is 25.5. The molecule has 2 atom stereocenters. The summed E-state index contributed by atoms with van der Waals surface area (Å²) in [5, 5.41) is 17.6. The van der Waals surface area contributed by atoms with Gasteiger partial charge in [-0.3, -0.25) is 9.78 Å². The Kier molecular flexibility index (Phi) is 7.15. The van der Waals surface area contributed by atoms with E-state index < -0.39 is 0 Å². The van der Waals surface area contributed by atoms with E-state index in [1.807, 2.05) is 81.4 Å². The summed E-state index contributed by atoms with van der Waals surface area (Å²) in [5.74, 6) is 0.144. The lowest BCUT2D eigenvalue weighted by atomic mass is 9.96. The Labute approximate surface area is 228 Å². The van der Waals surface area contributed by atoms with Crippen molar-refractivity contribution in [3.05, 3.63) is 107 Å². The van der Waals surface area contributed by atoms with Crippen molar-refractivity contribution in [1.29, 1.82) is 0 Å². The molecule has 0 spiro atoms. The molecule has 1 amide bonds. The van der Waals surface area contributed by atoms with Crippen LogP contribution in [0.25, 0.3) is 5.69 Å². The standard InChI is InChI=1S/C30H31N5O2S/c1-19-9-8-10-22(17-19)32-27(37)14-16-34-29(28(33-30(34)38)24-11-6-7-15-31-24)23-18-20(2)35(21(23)3)25-12-4-5-13-26(25)36/h4-13,15,17-18,28-29,36H,14,16H2,1-3H3,(H,32,37)(H,33,38). The first-order valence-electron chi connectivity index (χ1n) is 12.7. The number of benzene rings is 2. The van der Waals surface area contributed by atoms with E-state index in [0.717, 1.165) is 39.6 Å². The van der Waals surface area contributed by atoms with Crippen molar-refractivity contribution in [2.75, 3.05) is 11.9 Å². The minimum atomic E-state index is -0.193. The molecule has 0 radical (unpaired) electrons. The predicted octanol–water partition coefficient (Wildman–Crippen LogP) is 5.50. The Hall–Kier alpha value is -4.17. The summed E-state index contributed by atoms with van der Waals surface area (Å²) in [5.41, 5.74) is 6.52. The third kappa shape index (κ3) is 4.99. The van der Waals surface area contributed by atoms with Crippen molar-refractivity contribution in [2.24, 2.45) is 0 Å². The Morgan fingerprint density at radius 1 is 1.05 bits per heavy atom. The molecule has 1 saturated heterocycles. The molecule has 0 saturated carbocycles. The lowest BCUT2D eigenvalue weighted by molar-refractivity contribution is -0.116. The van der Waals surface area contributed by atoms with Crippen LogP contribution in [0.15, 0.2) is 79.0 Å². The van der Waals surface area contributed by atoms with Gasteiger partial charge in [0.1, 0.15) is 5.75 Å². The van der Waals surface area contributed by atoms with Crippen LogP contribution in [0.4, 0.5) is 5.69 Å². The lowest BCUT2D eigenvalue weighted by Gasteiger charge is -2.28. The molecule has 38 heavy (non-hydrogen) atoms. The highest BCUT2D eigenvalue weighted by Crippen LogP contribution is 2.42. The maximum Gasteiger partial charge on any atom is 0.226 e. The molecule has 194 valence electrons. The van der Waals surface area contributed by atoms with Gasteiger partial charge >= 0.3 is 0 Å². The number of phenols is 1. The highest BCUT2D eigenvalue weighted by Gasteiger charge is 2.41. The number of carbonyl (C=O) groups excluding carboxylic acids is 1. The van der Waals surface area contributed by atoms with E-state index in [2.05, 4.69) is 31.2 Å². The maximum absolute atomic E-state index is 12.9. The van der Waals surface area contributed by atoms with Gasteiger partial charge in [0.25, 0.3) is 0 Å². The molecular formula is C30H31N5O2S. The number of hydrogen-bond acceptors (Lipinski definition) is 4. The number of rotatable bonds is 7. The number of nitrogens with one attached hydrogen (secondary N) is 2. The summed E-state index contributed by atoms with van der Waals surface area (Å²) in [6.45, 7) is 6.52. The average Bonchev–Trinajstić information content (AvgIpc) is 3.38. The first-order valence-corrected chi connectivity index (χ1v) is 13.1. The number of phenolic OH excluding ortho intramolecular Hbond substituents is 1. The fourth-order valence-corrected chi connectivity index (χ4v) is 5.60. The van der Waals surface area contributed by atoms with Crippen LogP contribution in [0.1, 0.15) is 46.7 Å². The highest BCUT2D eigenvalue weighted by atomic mass is 32.1. The summed E-state index contributed by atoms with van der Waals surface area (Å²) >= 11 is 5.80. The summed E-state index contributed by atoms with van der Waals surface area (Å²) in [4.78, 5) is 19.6. The minimum absolute atomic E-state index is 0.0712. The molecule has 1 aliphatic heterocycles. The van der Waals surface area contributed by atoms with Gasteiger partial charge in [-0.05, 0) is 86.6 Å². The van der Waals surface area contributed by atoms with Gasteiger partial charge in [0.15, 0.2) is 5.11 Å². The highest BCUT2D eigenvalue weighted by molar-refractivity contribution is 7.80. The zero-order valence-corrected chi connectivity index (χ0v) is 22.5. The molecule has 0 aliphatic carbocycles. The van der Waals surface area contributed by atoms with Gasteiger partial charge in [-0.25, -0.2) is 0 Å². The topological polar surface area (TPSA) is 82.4 Å². The van der Waals surface area contributed by atoms with Crippen LogP contribution in [0.2, 0.25) is 0 Å². The molecule has 7 nitrogen and oxygen atoms in total. The van der Waals surface area contributed by atoms with Gasteiger partial charge in [-0.1, -0.05) is 30.3 Å². The number of anilines is 1. The number of pyridine rings is 1. The SMILES string of the molecule is Cc1cccc(NC(=O)CCN2C(=S)NC(c3ccccn3)C2c2cc(C)n(-c3ccccc3O)c2C)c1. The molecule has 3 N–H and O–H groups in total. The lowest BCUT2D eigenvalue weighted by Crippen LogP contribution is -2.32. The number of hydrogen-bond donors (Lipinski definition) is 3. The summed E-state index contributed by atoms with van der Waals surface area (Å²) in [7, 11) is 0. The van der Waals surface area contributed by atoms with Gasteiger partial charge in [0.2, 0.25) is 5.91 Å². The van der Waals surface area contributed by atoms with Gasteiger partial charge in [0.05, 0.1) is 23.5 Å². The minimum Gasteiger partial charge on any atom is -0.506 e. The fourth-order valence-electron chi connectivity index (χ4n) is 5.26. The van der Waals surface area contributed by atoms with Crippen LogP contribution in [0.3, 0.4) is 0 Å². The average molecular weight is 526 g/mol. The second-order valence-electron chi connectivity index (χ2n) is 9.64. The smallest absolute Gasteiger partial charge is 0.226 e. The Morgan fingerprint density at radius 3 is 2.58 bits per heavy atom. The molecule has 4 aromatic rings. The fraction of sp³-hybridized carbons (Fsp3) is 0.233. The molecule has 5 rings (SSSR count). The molecule has 1 aliphatic rings. The Balaban J connectivity index is 1.48. The molecule has 0 bridgehead atoms.